The van der Waals surface area contributed by atoms with E-state index in [-0.39, 0.29) is 5.41 Å². The highest BCUT2D eigenvalue weighted by Gasteiger charge is 2.38. The van der Waals surface area contributed by atoms with Gasteiger partial charge in [-0.05, 0) is 70.3 Å². The van der Waals surface area contributed by atoms with Gasteiger partial charge < -0.3 is 4.42 Å². The maximum atomic E-state index is 6.55. The maximum Gasteiger partial charge on any atom is 0.227 e. The van der Waals surface area contributed by atoms with E-state index in [0.29, 0.717) is 23.4 Å². The van der Waals surface area contributed by atoms with E-state index in [2.05, 4.69) is 135 Å². The van der Waals surface area contributed by atoms with Gasteiger partial charge in [-0.3, -0.25) is 0 Å². The Labute approximate surface area is 321 Å². The summed E-state index contributed by atoms with van der Waals surface area (Å²) in [4.78, 5) is 20.6. The van der Waals surface area contributed by atoms with Crippen molar-refractivity contribution in [2.24, 2.45) is 0 Å². The molecule has 3 heterocycles. The van der Waals surface area contributed by atoms with Gasteiger partial charge in [0.1, 0.15) is 5.52 Å². The van der Waals surface area contributed by atoms with Crippen molar-refractivity contribution >= 4 is 42.6 Å². The first-order valence-corrected chi connectivity index (χ1v) is 19.3. The Bertz CT molecular complexity index is 3130. The summed E-state index contributed by atoms with van der Waals surface area (Å²) >= 11 is 1.78. The molecule has 10 aromatic rings. The molecule has 0 atom stereocenters. The third-order valence-corrected chi connectivity index (χ3v) is 12.2. The molecule has 0 spiro atoms. The maximum absolute atomic E-state index is 6.55. The first kappa shape index (κ1) is 31.7. The van der Waals surface area contributed by atoms with Crippen LogP contribution in [0.1, 0.15) is 25.0 Å². The highest BCUT2D eigenvalue weighted by atomic mass is 32.1. The van der Waals surface area contributed by atoms with Crippen molar-refractivity contribution < 1.29 is 4.42 Å². The average Bonchev–Trinajstić information content (AvgIpc) is 3.92. The van der Waals surface area contributed by atoms with Crippen LogP contribution in [0.3, 0.4) is 0 Å². The molecule has 0 bridgehead atoms. The zero-order valence-electron chi connectivity index (χ0n) is 30.1. The van der Waals surface area contributed by atoms with Gasteiger partial charge in [0.2, 0.25) is 5.89 Å². The van der Waals surface area contributed by atoms with Crippen LogP contribution in [0.25, 0.3) is 99.1 Å². The van der Waals surface area contributed by atoms with Gasteiger partial charge in [-0.2, -0.15) is 0 Å². The standard InChI is InChI=1S/C49H32N4OS/c1-49(2)38-25-26-40-43(54-48(50-40)30-15-7-4-8-16-30)42(38)36-24-23-33(28-39(36)49)46-51-45(32-18-11-17-31(27-32)29-13-5-3-6-14-29)52-47(53-46)37-21-12-20-35-34-19-9-10-22-41(34)55-44(35)37/h3-28H,1-2H3. The summed E-state index contributed by atoms with van der Waals surface area (Å²) in [6.45, 7) is 4.56. The lowest BCUT2D eigenvalue weighted by atomic mass is 9.82. The smallest absolute Gasteiger partial charge is 0.227 e. The number of nitrogens with zero attached hydrogens (tertiary/aromatic N) is 4. The lowest BCUT2D eigenvalue weighted by Gasteiger charge is -2.21. The molecule has 0 aliphatic heterocycles. The second-order valence-corrected chi connectivity index (χ2v) is 15.7. The molecule has 0 fully saturated rings. The van der Waals surface area contributed by atoms with E-state index >= 15 is 0 Å². The normalized spacial score (nSPS) is 13.1. The molecule has 3 aromatic heterocycles. The molecule has 1 aliphatic rings. The Morgan fingerprint density at radius 1 is 0.473 bits per heavy atom. The molecule has 0 saturated heterocycles. The van der Waals surface area contributed by atoms with Crippen molar-refractivity contribution in [2.45, 2.75) is 19.3 Å². The van der Waals surface area contributed by atoms with Crippen LogP contribution in [-0.2, 0) is 5.41 Å². The Kier molecular flexibility index (Phi) is 7.00. The van der Waals surface area contributed by atoms with Crippen LogP contribution in [-0.4, -0.2) is 19.9 Å². The fourth-order valence-corrected chi connectivity index (χ4v) is 9.41. The van der Waals surface area contributed by atoms with E-state index in [1.807, 2.05) is 36.4 Å². The molecular weight excluding hydrogens is 693 g/mol. The molecule has 0 amide bonds. The molecule has 0 N–H and O–H groups in total. The highest BCUT2D eigenvalue weighted by molar-refractivity contribution is 7.26. The molecule has 0 saturated carbocycles. The third kappa shape index (κ3) is 5.06. The largest absolute Gasteiger partial charge is 0.435 e. The Morgan fingerprint density at radius 3 is 1.95 bits per heavy atom. The molecule has 5 nitrogen and oxygen atoms in total. The van der Waals surface area contributed by atoms with Crippen LogP contribution < -0.4 is 0 Å². The second-order valence-electron chi connectivity index (χ2n) is 14.6. The zero-order valence-corrected chi connectivity index (χ0v) is 30.9. The highest BCUT2D eigenvalue weighted by Crippen LogP contribution is 2.52. The molecule has 260 valence electrons. The lowest BCUT2D eigenvalue weighted by Crippen LogP contribution is -2.15. The molecule has 1 aliphatic carbocycles. The fourth-order valence-electron chi connectivity index (χ4n) is 8.19. The zero-order chi connectivity index (χ0) is 36.7. The van der Waals surface area contributed by atoms with Crippen LogP contribution in [0.4, 0.5) is 0 Å². The van der Waals surface area contributed by atoms with Crippen molar-refractivity contribution in [3.8, 4) is 67.9 Å². The van der Waals surface area contributed by atoms with Crippen LogP contribution in [0.5, 0.6) is 0 Å². The number of thiophene rings is 1. The van der Waals surface area contributed by atoms with Crippen molar-refractivity contribution in [3.63, 3.8) is 0 Å². The third-order valence-electron chi connectivity index (χ3n) is 11.0. The van der Waals surface area contributed by atoms with E-state index in [1.54, 1.807) is 11.3 Å². The molecule has 0 radical (unpaired) electrons. The molecular formula is C49H32N4OS. The van der Waals surface area contributed by atoms with Crippen molar-refractivity contribution in [3.05, 3.63) is 169 Å². The van der Waals surface area contributed by atoms with Gasteiger partial charge >= 0.3 is 0 Å². The summed E-state index contributed by atoms with van der Waals surface area (Å²) in [7, 11) is 0. The van der Waals surface area contributed by atoms with E-state index in [1.165, 1.54) is 31.3 Å². The number of oxazole rings is 1. The number of hydrogen-bond acceptors (Lipinski definition) is 6. The summed E-state index contributed by atoms with van der Waals surface area (Å²) < 4.78 is 8.96. The fraction of sp³-hybridized carbons (Fsp3) is 0.0612. The summed E-state index contributed by atoms with van der Waals surface area (Å²) in [5.74, 6) is 2.55. The van der Waals surface area contributed by atoms with E-state index in [0.717, 1.165) is 55.6 Å². The predicted molar refractivity (Wildman–Crippen MR) is 225 cm³/mol. The molecule has 6 heteroatoms. The molecule has 11 rings (SSSR count). The summed E-state index contributed by atoms with van der Waals surface area (Å²) in [5, 5.41) is 2.45. The van der Waals surface area contributed by atoms with Gasteiger partial charge in [-0.15, -0.1) is 11.3 Å². The van der Waals surface area contributed by atoms with E-state index < -0.39 is 0 Å². The minimum Gasteiger partial charge on any atom is -0.435 e. The van der Waals surface area contributed by atoms with Gasteiger partial charge in [-0.1, -0.05) is 129 Å². The molecule has 55 heavy (non-hydrogen) atoms. The number of benzene rings is 7. The summed E-state index contributed by atoms with van der Waals surface area (Å²) in [6, 6.07) is 54.9. The van der Waals surface area contributed by atoms with Crippen LogP contribution in [0, 0.1) is 0 Å². The van der Waals surface area contributed by atoms with E-state index in [4.69, 9.17) is 24.4 Å². The number of hydrogen-bond donors (Lipinski definition) is 0. The Morgan fingerprint density at radius 2 is 1.13 bits per heavy atom. The molecule has 0 unspecified atom stereocenters. The van der Waals surface area contributed by atoms with Crippen molar-refractivity contribution in [1.82, 2.24) is 19.9 Å². The summed E-state index contributed by atoms with van der Waals surface area (Å²) in [5.41, 5.74) is 12.1. The molecule has 7 aromatic carbocycles. The monoisotopic (exact) mass is 724 g/mol. The van der Waals surface area contributed by atoms with Gasteiger partial charge in [0, 0.05) is 53.4 Å². The average molecular weight is 725 g/mol. The number of rotatable bonds is 5. The van der Waals surface area contributed by atoms with Crippen molar-refractivity contribution in [2.75, 3.05) is 0 Å². The van der Waals surface area contributed by atoms with Crippen LogP contribution >= 0.6 is 11.3 Å². The van der Waals surface area contributed by atoms with Gasteiger partial charge in [0.05, 0.1) is 0 Å². The first-order chi connectivity index (χ1) is 27.0. The summed E-state index contributed by atoms with van der Waals surface area (Å²) in [6.07, 6.45) is 0. The first-order valence-electron chi connectivity index (χ1n) is 18.5. The minimum absolute atomic E-state index is 0.292. The number of aromatic nitrogens is 4. The van der Waals surface area contributed by atoms with Crippen LogP contribution in [0.15, 0.2) is 162 Å². The quantitative estimate of drug-likeness (QED) is 0.177. The predicted octanol–water partition coefficient (Wildman–Crippen LogP) is 13.0. The van der Waals surface area contributed by atoms with Gasteiger partial charge in [0.15, 0.2) is 23.1 Å². The Hall–Kier alpha value is -6.76. The Balaban J connectivity index is 1.10. The van der Waals surface area contributed by atoms with Crippen molar-refractivity contribution in [1.29, 1.82) is 0 Å². The minimum atomic E-state index is -0.292. The topological polar surface area (TPSA) is 64.7 Å². The number of fused-ring (bicyclic) bond motifs is 8. The van der Waals surface area contributed by atoms with E-state index in [9.17, 15) is 0 Å². The van der Waals surface area contributed by atoms with Crippen LogP contribution in [0.2, 0.25) is 0 Å². The SMILES string of the molecule is CC1(C)c2cc(-c3nc(-c4cccc(-c5ccccc5)c4)nc(-c4cccc5c4sc4ccccc45)n3)ccc2-c2c1ccc1nc(-c3ccccc3)oc21. The van der Waals surface area contributed by atoms with Gasteiger partial charge in [0.25, 0.3) is 0 Å². The lowest BCUT2D eigenvalue weighted by molar-refractivity contribution is 0.618. The van der Waals surface area contributed by atoms with Gasteiger partial charge in [-0.25, -0.2) is 19.9 Å². The second kappa shape index (κ2) is 12.1.